The molecule has 0 aliphatic carbocycles. The number of unbranched alkanes of at least 4 members (excludes halogenated alkanes) is 8. The van der Waals surface area contributed by atoms with Crippen LogP contribution in [-0.4, -0.2) is 62.3 Å². The quantitative estimate of drug-likeness (QED) is 0.0315. The number of benzene rings is 5. The van der Waals surface area contributed by atoms with Gasteiger partial charge in [0.2, 0.25) is 17.7 Å². The number of halogens is 2. The Labute approximate surface area is 443 Å². The third-order valence-corrected chi connectivity index (χ3v) is 17.5. The van der Waals surface area contributed by atoms with Crippen molar-refractivity contribution in [1.82, 2.24) is 5.32 Å². The summed E-state index contributed by atoms with van der Waals surface area (Å²) in [6.45, 7) is 4.37. The molecule has 1 saturated heterocycles. The molecule has 11 nitrogen and oxygen atoms in total. The standard InChI is InChI=1S/C61H76F2N4O7S/c1-5-7-36-61(6-2)41-75(73,74)54-35-32-50(66(3)4)39-52(54)57(59(61)71)44-19-17-21-48(38-44)65-56(70)23-15-13-11-9-8-10-12-14-22-55(69)64-40-42-18-16-20-45(37-42)58-51(33-34-53(68)43-24-26-46(62)27-25-43)60(72)67(58)49-30-28-47(63)29-31-49/h16-21,24-32,35,37-39,51,53,57-59,68,71H,5-15,22-23,33-34,36,40-41H2,1-4H3,(H,64,69)(H,65,70)/t51?,53?,57?,58?,59-,61?/m1/s1. The number of carbonyl (C=O) groups excluding carboxylic acids is 3. The van der Waals surface area contributed by atoms with Crippen molar-refractivity contribution >= 4 is 44.6 Å². The predicted octanol–water partition coefficient (Wildman–Crippen LogP) is 12.3. The summed E-state index contributed by atoms with van der Waals surface area (Å²) >= 11 is 0. The number of anilines is 3. The number of rotatable bonds is 26. The highest BCUT2D eigenvalue weighted by atomic mass is 32.2. The van der Waals surface area contributed by atoms with Crippen LogP contribution in [0.25, 0.3) is 0 Å². The molecule has 2 aliphatic heterocycles. The number of aliphatic hydroxyl groups is 2. The van der Waals surface area contributed by atoms with E-state index in [0.29, 0.717) is 67.6 Å². The second kappa shape index (κ2) is 26.2. The normalized spacial score (nSPS) is 20.4. The van der Waals surface area contributed by atoms with Gasteiger partial charge in [0.1, 0.15) is 11.6 Å². The first-order chi connectivity index (χ1) is 36.0. The molecule has 3 amide bonds. The number of nitrogens with zero attached hydrogens (tertiary/aromatic N) is 2. The molecule has 0 aromatic heterocycles. The SMILES string of the molecule is CCCCC1(CC)CS(=O)(=O)c2ccc(N(C)C)cc2C(c2cccc(NC(=O)CCCCCCCCCCC(=O)NCc3cccc(C4C(CCC(O)c5ccc(F)cc5)C(=O)N4c4ccc(F)cc4)c3)c2)[C@H]1O. The largest absolute Gasteiger partial charge is 0.392 e. The lowest BCUT2D eigenvalue weighted by atomic mass is 9.69. The van der Waals surface area contributed by atoms with Crippen molar-refractivity contribution in [2.75, 3.05) is 35.0 Å². The summed E-state index contributed by atoms with van der Waals surface area (Å²) in [6, 6.07) is 31.8. The molecule has 0 bridgehead atoms. The van der Waals surface area contributed by atoms with Crippen LogP contribution < -0.4 is 20.4 Å². The second-order valence-electron chi connectivity index (χ2n) is 21.0. The zero-order valence-corrected chi connectivity index (χ0v) is 44.9. The van der Waals surface area contributed by atoms with Gasteiger partial charge < -0.3 is 30.6 Å². The molecule has 5 aromatic carbocycles. The van der Waals surface area contributed by atoms with E-state index in [9.17, 15) is 41.8 Å². The van der Waals surface area contributed by atoms with Gasteiger partial charge in [0.15, 0.2) is 9.84 Å². The minimum absolute atomic E-state index is 0.0350. The zero-order valence-electron chi connectivity index (χ0n) is 44.1. The molecule has 0 radical (unpaired) electrons. The van der Waals surface area contributed by atoms with E-state index >= 15 is 0 Å². The maximum Gasteiger partial charge on any atom is 0.233 e. The van der Waals surface area contributed by atoms with Gasteiger partial charge in [-0.25, -0.2) is 17.2 Å². The topological polar surface area (TPSA) is 156 Å². The Hall–Kier alpha value is -5.96. The van der Waals surface area contributed by atoms with Crippen LogP contribution in [0.15, 0.2) is 120 Å². The van der Waals surface area contributed by atoms with Crippen LogP contribution in [-0.2, 0) is 30.8 Å². The summed E-state index contributed by atoms with van der Waals surface area (Å²) in [5.41, 5.74) is 4.88. The van der Waals surface area contributed by atoms with Gasteiger partial charge in [0.25, 0.3) is 0 Å². The van der Waals surface area contributed by atoms with Crippen LogP contribution in [0, 0.1) is 23.0 Å². The van der Waals surface area contributed by atoms with E-state index in [1.165, 1.54) is 36.4 Å². The first-order valence-corrected chi connectivity index (χ1v) is 28.7. The molecule has 4 N–H and O–H groups in total. The Morgan fingerprint density at radius 3 is 2.05 bits per heavy atom. The highest BCUT2D eigenvalue weighted by Gasteiger charge is 2.50. The molecule has 5 unspecified atom stereocenters. The van der Waals surface area contributed by atoms with Gasteiger partial charge >= 0.3 is 0 Å². The molecule has 0 saturated carbocycles. The molecule has 75 heavy (non-hydrogen) atoms. The fourth-order valence-electron chi connectivity index (χ4n) is 11.1. The van der Waals surface area contributed by atoms with Crippen LogP contribution in [0.2, 0.25) is 0 Å². The average molecular weight is 1050 g/mol. The van der Waals surface area contributed by atoms with Crippen LogP contribution in [0.1, 0.15) is 162 Å². The number of β-lactam (4-membered cyclic amide) rings is 1. The molecular formula is C61H76F2N4O7S. The summed E-state index contributed by atoms with van der Waals surface area (Å²) in [5.74, 6) is -2.21. The lowest BCUT2D eigenvalue weighted by molar-refractivity contribution is -0.131. The van der Waals surface area contributed by atoms with Gasteiger partial charge in [-0.05, 0) is 133 Å². The first-order valence-electron chi connectivity index (χ1n) is 27.0. The molecular weight excluding hydrogens is 971 g/mol. The summed E-state index contributed by atoms with van der Waals surface area (Å²) in [4.78, 5) is 43.5. The molecule has 7 rings (SSSR count). The van der Waals surface area contributed by atoms with Crippen molar-refractivity contribution in [2.45, 2.75) is 152 Å². The lowest BCUT2D eigenvalue weighted by Gasteiger charge is -2.48. The van der Waals surface area contributed by atoms with Gasteiger partial charge in [-0.3, -0.25) is 14.4 Å². The van der Waals surface area contributed by atoms with Gasteiger partial charge in [0, 0.05) is 61.9 Å². The maximum absolute atomic E-state index is 14.1. The highest BCUT2D eigenvalue weighted by molar-refractivity contribution is 7.91. The zero-order chi connectivity index (χ0) is 53.7. The Morgan fingerprint density at radius 2 is 1.40 bits per heavy atom. The molecule has 2 heterocycles. The average Bonchev–Trinajstić information content (AvgIpc) is 3.46. The number of hydrogen-bond acceptors (Lipinski definition) is 8. The lowest BCUT2D eigenvalue weighted by Crippen LogP contribution is -2.55. The minimum Gasteiger partial charge on any atom is -0.392 e. The van der Waals surface area contributed by atoms with E-state index in [1.54, 1.807) is 23.1 Å². The monoisotopic (exact) mass is 1050 g/mol. The van der Waals surface area contributed by atoms with Crippen LogP contribution >= 0.6 is 0 Å². The molecule has 5 aromatic rings. The Kier molecular flexibility index (Phi) is 19.8. The smallest absolute Gasteiger partial charge is 0.233 e. The van der Waals surface area contributed by atoms with E-state index < -0.39 is 50.9 Å². The molecule has 0 spiro atoms. The first kappa shape index (κ1) is 56.8. The van der Waals surface area contributed by atoms with Gasteiger partial charge in [-0.15, -0.1) is 0 Å². The number of aliphatic hydroxyl groups excluding tert-OH is 2. The summed E-state index contributed by atoms with van der Waals surface area (Å²) < 4.78 is 55.5. The van der Waals surface area contributed by atoms with E-state index in [-0.39, 0.29) is 34.4 Å². The summed E-state index contributed by atoms with van der Waals surface area (Å²) in [7, 11) is 0.102. The molecule has 2 aliphatic rings. The van der Waals surface area contributed by atoms with Gasteiger partial charge in [0.05, 0.1) is 34.8 Å². The molecule has 402 valence electrons. The molecule has 14 heteroatoms. The Bertz CT molecular complexity index is 2830. The van der Waals surface area contributed by atoms with Gasteiger partial charge in [-0.1, -0.05) is 114 Å². The van der Waals surface area contributed by atoms with Crippen LogP contribution in [0.5, 0.6) is 0 Å². The third kappa shape index (κ3) is 14.3. The van der Waals surface area contributed by atoms with Crippen LogP contribution in [0.4, 0.5) is 25.8 Å². The minimum atomic E-state index is -3.72. The van der Waals surface area contributed by atoms with Crippen molar-refractivity contribution in [2.24, 2.45) is 11.3 Å². The number of nitrogens with one attached hydrogen (secondary N) is 2. The van der Waals surface area contributed by atoms with Crippen molar-refractivity contribution < 1.29 is 41.8 Å². The van der Waals surface area contributed by atoms with Crippen LogP contribution in [0.3, 0.4) is 0 Å². The Morgan fingerprint density at radius 1 is 0.773 bits per heavy atom. The number of carbonyl (C=O) groups is 3. The second-order valence-corrected chi connectivity index (χ2v) is 23.0. The van der Waals surface area contributed by atoms with Crippen molar-refractivity contribution in [3.8, 4) is 0 Å². The third-order valence-electron chi connectivity index (χ3n) is 15.5. The molecule has 6 atom stereocenters. The number of fused-ring (bicyclic) bond motifs is 1. The van der Waals surface area contributed by atoms with Crippen molar-refractivity contribution in [3.05, 3.63) is 155 Å². The maximum atomic E-state index is 14.1. The van der Waals surface area contributed by atoms with E-state index in [4.69, 9.17) is 0 Å². The van der Waals surface area contributed by atoms with Gasteiger partial charge in [-0.2, -0.15) is 0 Å². The Balaban J connectivity index is 0.825. The fraction of sp³-hybridized carbons (Fsp3) is 0.459. The van der Waals surface area contributed by atoms with Crippen molar-refractivity contribution in [1.29, 1.82) is 0 Å². The highest BCUT2D eigenvalue weighted by Crippen LogP contribution is 2.50. The molecule has 1 fully saturated rings. The van der Waals surface area contributed by atoms with Crippen molar-refractivity contribution in [3.63, 3.8) is 0 Å². The van der Waals surface area contributed by atoms with E-state index in [1.807, 2.05) is 86.6 Å². The summed E-state index contributed by atoms with van der Waals surface area (Å²) in [6.07, 6.45) is 9.95. The number of hydrogen-bond donors (Lipinski definition) is 4. The fourth-order valence-corrected chi connectivity index (χ4v) is 13.4. The van der Waals surface area contributed by atoms with E-state index in [0.717, 1.165) is 86.6 Å². The number of amides is 3. The predicted molar refractivity (Wildman–Crippen MR) is 293 cm³/mol. The van der Waals surface area contributed by atoms with E-state index in [2.05, 4.69) is 17.6 Å². The summed E-state index contributed by atoms with van der Waals surface area (Å²) in [5, 5.41) is 29.3. The number of sulfone groups is 1.